The number of benzene rings is 4. The Kier molecular flexibility index (Phi) is 6.94. The third kappa shape index (κ3) is 5.23. The van der Waals surface area contributed by atoms with Gasteiger partial charge in [-0.2, -0.15) is 0 Å². The number of hydrogen-bond acceptors (Lipinski definition) is 5. The minimum absolute atomic E-state index is 0.0260. The van der Waals surface area contributed by atoms with E-state index in [-0.39, 0.29) is 18.0 Å². The van der Waals surface area contributed by atoms with E-state index < -0.39 is 0 Å². The first-order valence-electron chi connectivity index (χ1n) is 12.0. The normalized spacial score (nSPS) is 15.4. The highest BCUT2D eigenvalue weighted by Crippen LogP contribution is 2.28. The Morgan fingerprint density at radius 1 is 0.889 bits per heavy atom. The molecule has 0 aliphatic carbocycles. The SMILES string of the molecule is Nc1ccccc1C(=O)N[C@H](CNc1ccccc1C1=N[C@@H](c2ccccc2)CO1)c1ccccc1. The molecule has 0 radical (unpaired) electrons. The van der Waals surface area contributed by atoms with Gasteiger partial charge in [0.15, 0.2) is 0 Å². The van der Waals surface area contributed by atoms with Crippen LogP contribution in [0, 0.1) is 0 Å². The maximum Gasteiger partial charge on any atom is 0.253 e. The van der Waals surface area contributed by atoms with Gasteiger partial charge in [0.1, 0.15) is 12.6 Å². The summed E-state index contributed by atoms with van der Waals surface area (Å²) in [5, 5.41) is 6.64. The van der Waals surface area contributed by atoms with E-state index in [9.17, 15) is 4.79 Å². The molecule has 4 N–H and O–H groups in total. The average Bonchev–Trinajstić information content (AvgIpc) is 3.43. The second-order valence-corrected chi connectivity index (χ2v) is 8.62. The van der Waals surface area contributed by atoms with E-state index in [1.165, 1.54) is 0 Å². The second kappa shape index (κ2) is 10.8. The van der Waals surface area contributed by atoms with Crippen LogP contribution >= 0.6 is 0 Å². The van der Waals surface area contributed by atoms with Crippen molar-refractivity contribution in [2.75, 3.05) is 24.2 Å². The van der Waals surface area contributed by atoms with Gasteiger partial charge in [-0.1, -0.05) is 84.9 Å². The molecule has 0 aromatic heterocycles. The molecule has 6 nitrogen and oxygen atoms in total. The Bertz CT molecular complexity index is 1360. The summed E-state index contributed by atoms with van der Waals surface area (Å²) in [6, 6.07) is 34.7. The lowest BCUT2D eigenvalue weighted by atomic mass is 10.0. The zero-order chi connectivity index (χ0) is 24.7. The summed E-state index contributed by atoms with van der Waals surface area (Å²) in [5.41, 5.74) is 10.8. The molecule has 4 aromatic rings. The standard InChI is InChI=1S/C30H28N4O2/c31-25-17-9-7-15-23(25)29(35)33-27(21-11-3-1-4-12-21)19-32-26-18-10-8-16-24(26)30-34-28(20-36-30)22-13-5-2-6-14-22/h1-18,27-28,32H,19-20,31H2,(H,33,35)/t27-,28-/m1/s1. The molecular weight excluding hydrogens is 448 g/mol. The molecule has 1 heterocycles. The van der Waals surface area contributed by atoms with Crippen molar-refractivity contribution in [1.29, 1.82) is 0 Å². The Morgan fingerprint density at radius 3 is 2.33 bits per heavy atom. The number of carbonyl (C=O) groups is 1. The van der Waals surface area contributed by atoms with Crippen molar-refractivity contribution in [2.45, 2.75) is 12.1 Å². The van der Waals surface area contributed by atoms with Crippen LogP contribution < -0.4 is 16.4 Å². The van der Waals surface area contributed by atoms with Crippen molar-refractivity contribution in [3.63, 3.8) is 0 Å². The number of amides is 1. The molecule has 4 aromatic carbocycles. The fraction of sp³-hybridized carbons (Fsp3) is 0.133. The molecule has 0 saturated heterocycles. The van der Waals surface area contributed by atoms with Gasteiger partial charge in [0.25, 0.3) is 5.91 Å². The quantitative estimate of drug-likeness (QED) is 0.298. The van der Waals surface area contributed by atoms with E-state index >= 15 is 0 Å². The van der Waals surface area contributed by atoms with E-state index in [1.807, 2.05) is 84.9 Å². The Labute approximate surface area is 210 Å². The number of carbonyl (C=O) groups excluding carboxylic acids is 1. The smallest absolute Gasteiger partial charge is 0.253 e. The molecule has 36 heavy (non-hydrogen) atoms. The minimum atomic E-state index is -0.283. The Balaban J connectivity index is 1.36. The first kappa shape index (κ1) is 23.2. The number of anilines is 2. The fourth-order valence-corrected chi connectivity index (χ4v) is 4.28. The van der Waals surface area contributed by atoms with Gasteiger partial charge in [-0.15, -0.1) is 0 Å². The lowest BCUT2D eigenvalue weighted by Crippen LogP contribution is -2.33. The van der Waals surface area contributed by atoms with Gasteiger partial charge in [-0.25, -0.2) is 4.99 Å². The first-order chi connectivity index (χ1) is 17.7. The highest BCUT2D eigenvalue weighted by Gasteiger charge is 2.24. The number of nitrogens with one attached hydrogen (secondary N) is 2. The topological polar surface area (TPSA) is 88.7 Å². The summed E-state index contributed by atoms with van der Waals surface area (Å²) >= 11 is 0. The van der Waals surface area contributed by atoms with Crippen LogP contribution in [0.4, 0.5) is 11.4 Å². The van der Waals surface area contributed by atoms with Gasteiger partial charge in [0.05, 0.1) is 17.2 Å². The fourth-order valence-electron chi connectivity index (χ4n) is 4.28. The van der Waals surface area contributed by atoms with Crippen LogP contribution in [-0.2, 0) is 4.74 Å². The van der Waals surface area contributed by atoms with Crippen molar-refractivity contribution >= 4 is 23.2 Å². The number of aliphatic imine (C=N–C) groups is 1. The highest BCUT2D eigenvalue weighted by atomic mass is 16.5. The van der Waals surface area contributed by atoms with Gasteiger partial charge >= 0.3 is 0 Å². The third-order valence-electron chi connectivity index (χ3n) is 6.20. The zero-order valence-corrected chi connectivity index (χ0v) is 19.8. The number of rotatable bonds is 8. The highest BCUT2D eigenvalue weighted by molar-refractivity contribution is 6.01. The number of ether oxygens (including phenoxy) is 1. The van der Waals surface area contributed by atoms with Crippen molar-refractivity contribution in [2.24, 2.45) is 4.99 Å². The van der Waals surface area contributed by atoms with Gasteiger partial charge in [-0.3, -0.25) is 4.79 Å². The summed E-state index contributed by atoms with van der Waals surface area (Å²) < 4.78 is 6.00. The minimum Gasteiger partial charge on any atom is -0.475 e. The monoisotopic (exact) mass is 476 g/mol. The van der Waals surface area contributed by atoms with E-state index in [0.29, 0.717) is 30.3 Å². The molecule has 0 fully saturated rings. The largest absolute Gasteiger partial charge is 0.475 e. The van der Waals surface area contributed by atoms with Crippen molar-refractivity contribution in [3.05, 3.63) is 131 Å². The Hall–Kier alpha value is -4.58. The molecule has 6 heteroatoms. The first-order valence-corrected chi connectivity index (χ1v) is 12.0. The number of nitrogens with zero attached hydrogens (tertiary/aromatic N) is 1. The van der Waals surface area contributed by atoms with E-state index in [2.05, 4.69) is 22.8 Å². The third-order valence-corrected chi connectivity index (χ3v) is 6.20. The molecule has 0 spiro atoms. The van der Waals surface area contributed by atoms with E-state index in [1.54, 1.807) is 12.1 Å². The van der Waals surface area contributed by atoms with Crippen LogP contribution in [0.25, 0.3) is 0 Å². The summed E-state index contributed by atoms with van der Waals surface area (Å²) in [6.45, 7) is 0.976. The number of nitrogen functional groups attached to an aromatic ring is 1. The average molecular weight is 477 g/mol. The second-order valence-electron chi connectivity index (χ2n) is 8.62. The van der Waals surface area contributed by atoms with Crippen molar-refractivity contribution in [1.82, 2.24) is 5.32 Å². The van der Waals surface area contributed by atoms with Crippen LogP contribution in [0.3, 0.4) is 0 Å². The number of para-hydroxylation sites is 2. The van der Waals surface area contributed by atoms with Crippen LogP contribution in [0.1, 0.15) is 39.1 Å². The van der Waals surface area contributed by atoms with Crippen molar-refractivity contribution < 1.29 is 9.53 Å². The maximum absolute atomic E-state index is 13.0. The lowest BCUT2D eigenvalue weighted by molar-refractivity contribution is 0.0939. The predicted octanol–water partition coefficient (Wildman–Crippen LogP) is 5.37. The molecule has 5 rings (SSSR count). The molecule has 0 unspecified atom stereocenters. The van der Waals surface area contributed by atoms with Crippen LogP contribution in [0.15, 0.2) is 114 Å². The number of nitrogens with two attached hydrogens (primary N) is 1. The summed E-state index contributed by atoms with van der Waals surface area (Å²) in [5.74, 6) is 0.399. The van der Waals surface area contributed by atoms with Gasteiger partial charge in [0, 0.05) is 17.9 Å². The number of hydrogen-bond donors (Lipinski definition) is 3. The molecule has 0 bridgehead atoms. The predicted molar refractivity (Wildman–Crippen MR) is 144 cm³/mol. The van der Waals surface area contributed by atoms with Crippen LogP contribution in [0.5, 0.6) is 0 Å². The molecule has 2 atom stereocenters. The Morgan fingerprint density at radius 2 is 1.56 bits per heavy atom. The van der Waals surface area contributed by atoms with Gasteiger partial charge < -0.3 is 21.1 Å². The van der Waals surface area contributed by atoms with E-state index in [0.717, 1.165) is 22.4 Å². The summed E-state index contributed by atoms with van der Waals surface area (Å²) in [7, 11) is 0. The molecule has 1 aliphatic heterocycles. The molecule has 180 valence electrons. The van der Waals surface area contributed by atoms with Crippen LogP contribution in [-0.4, -0.2) is 25.0 Å². The van der Waals surface area contributed by atoms with E-state index in [4.69, 9.17) is 15.5 Å². The molecule has 0 saturated carbocycles. The molecule has 1 aliphatic rings. The van der Waals surface area contributed by atoms with Gasteiger partial charge in [0.2, 0.25) is 5.90 Å². The summed E-state index contributed by atoms with van der Waals surface area (Å²) in [6.07, 6.45) is 0. The summed E-state index contributed by atoms with van der Waals surface area (Å²) in [4.78, 5) is 17.9. The van der Waals surface area contributed by atoms with Crippen LogP contribution in [0.2, 0.25) is 0 Å². The van der Waals surface area contributed by atoms with Crippen molar-refractivity contribution in [3.8, 4) is 0 Å². The lowest BCUT2D eigenvalue weighted by Gasteiger charge is -2.22. The maximum atomic E-state index is 13.0. The molecule has 1 amide bonds. The zero-order valence-electron chi connectivity index (χ0n) is 19.8. The molecular formula is C30H28N4O2. The van der Waals surface area contributed by atoms with Gasteiger partial charge in [-0.05, 0) is 35.4 Å².